The normalized spacial score (nSPS) is 15.4. The van der Waals surface area contributed by atoms with Gasteiger partial charge in [-0.25, -0.2) is 0 Å². The van der Waals surface area contributed by atoms with E-state index in [1.807, 2.05) is 6.07 Å². The van der Waals surface area contributed by atoms with Crippen molar-refractivity contribution in [3.8, 4) is 11.1 Å². The third kappa shape index (κ3) is 3.86. The van der Waals surface area contributed by atoms with Crippen LogP contribution < -0.4 is 5.26 Å². The van der Waals surface area contributed by atoms with E-state index in [4.69, 9.17) is 0 Å². The van der Waals surface area contributed by atoms with Gasteiger partial charge in [-0.15, -0.1) is 0 Å². The average Bonchev–Trinajstić information content (AvgIpc) is 2.85. The van der Waals surface area contributed by atoms with Crippen LogP contribution in [0.25, 0.3) is 11.1 Å². The Hall–Kier alpha value is -1.66. The molecule has 2 aromatic rings. The van der Waals surface area contributed by atoms with Crippen LogP contribution in [0.15, 0.2) is 48.5 Å². The van der Waals surface area contributed by atoms with E-state index in [2.05, 4.69) is 77.2 Å². The van der Waals surface area contributed by atoms with Gasteiger partial charge in [0.05, 0.1) is 5.41 Å². The van der Waals surface area contributed by atoms with Gasteiger partial charge in [-0.3, -0.25) is 5.04 Å². The molecule has 0 amide bonds. The van der Waals surface area contributed by atoms with Crippen LogP contribution in [0.5, 0.6) is 0 Å². The van der Waals surface area contributed by atoms with E-state index >= 15 is 0 Å². The van der Waals surface area contributed by atoms with Gasteiger partial charge in [-0.2, -0.15) is 8.91 Å². The number of nitrogens with zero attached hydrogens (tertiary/aromatic N) is 1. The largest absolute Gasteiger partial charge is 0.691 e. The molecular formula is C21H25NO3S. The van der Waals surface area contributed by atoms with Crippen molar-refractivity contribution in [2.45, 2.75) is 39.0 Å². The molecular weight excluding hydrogens is 346 g/mol. The standard InChI is InChI=1S/C21H25NO3S/c1-16-21(2,3)19-12-11-18(17-9-5-4-6-10-17)15-20(19)22(16)13-7-8-14-26-25-24-23/h4-6,9-12,15H,7-8,13-14H2,1-3H3. The first-order valence-corrected chi connectivity index (χ1v) is 9.86. The molecule has 0 saturated carbocycles. The van der Waals surface area contributed by atoms with Crippen molar-refractivity contribution in [2.75, 3.05) is 12.3 Å². The van der Waals surface area contributed by atoms with Crippen molar-refractivity contribution < 1.29 is 19.2 Å². The van der Waals surface area contributed by atoms with Gasteiger partial charge in [0.1, 0.15) is 6.54 Å². The Morgan fingerprint density at radius 1 is 1.04 bits per heavy atom. The smallest absolute Gasteiger partial charge is 0.210 e. The quantitative estimate of drug-likeness (QED) is 0.227. The molecule has 0 radical (unpaired) electrons. The van der Waals surface area contributed by atoms with E-state index in [0.717, 1.165) is 37.2 Å². The molecule has 5 heteroatoms. The summed E-state index contributed by atoms with van der Waals surface area (Å²) in [6.07, 6.45) is 1.99. The summed E-state index contributed by atoms with van der Waals surface area (Å²) in [5.74, 6) is 0.745. The zero-order valence-corrected chi connectivity index (χ0v) is 16.3. The topological polar surface area (TPSA) is 44.5 Å². The molecule has 0 fully saturated rings. The zero-order valence-electron chi connectivity index (χ0n) is 15.5. The predicted octanol–water partition coefficient (Wildman–Crippen LogP) is 4.40. The first-order valence-electron chi connectivity index (χ1n) is 8.95. The van der Waals surface area contributed by atoms with Gasteiger partial charge in [0, 0.05) is 42.8 Å². The molecule has 0 aromatic heterocycles. The molecule has 0 saturated heterocycles. The molecule has 3 rings (SSSR count). The van der Waals surface area contributed by atoms with Gasteiger partial charge < -0.3 is 5.26 Å². The molecule has 1 aliphatic rings. The van der Waals surface area contributed by atoms with Crippen molar-refractivity contribution in [1.82, 2.24) is 0 Å². The zero-order chi connectivity index (χ0) is 18.6. The van der Waals surface area contributed by atoms with Gasteiger partial charge >= 0.3 is 0 Å². The maximum Gasteiger partial charge on any atom is 0.210 e. The third-order valence-corrected chi connectivity index (χ3v) is 5.92. The fraction of sp³-hybridized carbons (Fsp3) is 0.381. The molecule has 4 nitrogen and oxygen atoms in total. The SMILES string of the molecule is CC1=[N+](CCCCSOO[O-])c2cc(-c3ccccc3)ccc2C1(C)C. The number of hydrogen-bond acceptors (Lipinski definition) is 4. The third-order valence-electron chi connectivity index (χ3n) is 5.31. The summed E-state index contributed by atoms with van der Waals surface area (Å²) in [6.45, 7) is 7.77. The first-order chi connectivity index (χ1) is 12.6. The van der Waals surface area contributed by atoms with Crippen LogP contribution in [0, 0.1) is 0 Å². The molecule has 0 atom stereocenters. The maximum atomic E-state index is 9.82. The molecule has 26 heavy (non-hydrogen) atoms. The van der Waals surface area contributed by atoms with E-state index in [1.165, 1.54) is 28.1 Å². The van der Waals surface area contributed by atoms with Crippen molar-refractivity contribution in [3.05, 3.63) is 54.1 Å². The second kappa shape index (κ2) is 8.35. The van der Waals surface area contributed by atoms with Gasteiger partial charge in [-0.1, -0.05) is 42.5 Å². The number of rotatable bonds is 8. The number of hydrogen-bond donors (Lipinski definition) is 0. The summed E-state index contributed by atoms with van der Waals surface area (Å²) < 4.78 is 6.76. The molecule has 0 spiro atoms. The Kier molecular flexibility index (Phi) is 6.14. The Morgan fingerprint density at radius 3 is 2.54 bits per heavy atom. The Morgan fingerprint density at radius 2 is 1.81 bits per heavy atom. The lowest BCUT2D eigenvalue weighted by atomic mass is 9.82. The van der Waals surface area contributed by atoms with Crippen LogP contribution in [0.2, 0.25) is 0 Å². The monoisotopic (exact) mass is 371 g/mol. The highest BCUT2D eigenvalue weighted by molar-refractivity contribution is 7.94. The van der Waals surface area contributed by atoms with Crippen LogP contribution in [-0.4, -0.2) is 22.6 Å². The lowest BCUT2D eigenvalue weighted by Gasteiger charge is -2.15. The summed E-state index contributed by atoms with van der Waals surface area (Å²) in [7, 11) is 0. The van der Waals surface area contributed by atoms with E-state index in [-0.39, 0.29) is 5.41 Å². The number of unbranched alkanes of at least 4 members (excludes halogenated alkanes) is 1. The minimum absolute atomic E-state index is 0.0405. The van der Waals surface area contributed by atoms with Crippen LogP contribution in [0.3, 0.4) is 0 Å². The van der Waals surface area contributed by atoms with Gasteiger partial charge in [0.25, 0.3) is 0 Å². The molecule has 0 unspecified atom stereocenters. The number of fused-ring (bicyclic) bond motifs is 1. The van der Waals surface area contributed by atoms with Crippen LogP contribution in [0.4, 0.5) is 5.69 Å². The maximum absolute atomic E-state index is 9.82. The molecule has 1 heterocycles. The molecule has 0 bridgehead atoms. The summed E-state index contributed by atoms with van der Waals surface area (Å²) >= 11 is 1.06. The Labute approximate surface area is 159 Å². The second-order valence-electron chi connectivity index (χ2n) is 7.13. The van der Waals surface area contributed by atoms with Crippen molar-refractivity contribution in [2.24, 2.45) is 0 Å². The minimum atomic E-state index is 0.0405. The number of benzene rings is 2. The van der Waals surface area contributed by atoms with Gasteiger partial charge in [-0.05, 0) is 31.4 Å². The molecule has 1 aliphatic heterocycles. The minimum Gasteiger partial charge on any atom is -0.691 e. The van der Waals surface area contributed by atoms with Gasteiger partial charge in [0.2, 0.25) is 5.69 Å². The second-order valence-corrected chi connectivity index (χ2v) is 7.91. The van der Waals surface area contributed by atoms with E-state index in [1.54, 1.807) is 0 Å². The molecule has 138 valence electrons. The lowest BCUT2D eigenvalue weighted by Crippen LogP contribution is -2.26. The fourth-order valence-corrected chi connectivity index (χ4v) is 4.01. The molecule has 0 aliphatic carbocycles. The van der Waals surface area contributed by atoms with Crippen molar-refractivity contribution in [3.63, 3.8) is 0 Å². The highest BCUT2D eigenvalue weighted by Crippen LogP contribution is 2.41. The molecule has 2 aromatic carbocycles. The summed E-state index contributed by atoms with van der Waals surface area (Å²) in [5, 5.41) is 13.2. The fourth-order valence-electron chi connectivity index (χ4n) is 3.58. The Bertz CT molecular complexity index is 787. The highest BCUT2D eigenvalue weighted by atomic mass is 32.2. The summed E-state index contributed by atoms with van der Waals surface area (Å²) in [4.78, 5) is 0. The summed E-state index contributed by atoms with van der Waals surface area (Å²) in [6, 6.07) is 17.3. The first kappa shape index (κ1) is 19.1. The van der Waals surface area contributed by atoms with Crippen LogP contribution >= 0.6 is 12.0 Å². The van der Waals surface area contributed by atoms with E-state index < -0.39 is 0 Å². The lowest BCUT2D eigenvalue weighted by molar-refractivity contribution is -0.777. The van der Waals surface area contributed by atoms with Crippen LogP contribution in [-0.2, 0) is 14.8 Å². The van der Waals surface area contributed by atoms with E-state index in [9.17, 15) is 5.26 Å². The highest BCUT2D eigenvalue weighted by Gasteiger charge is 2.42. The predicted molar refractivity (Wildman–Crippen MR) is 104 cm³/mol. The van der Waals surface area contributed by atoms with Crippen LogP contribution in [0.1, 0.15) is 39.2 Å². The van der Waals surface area contributed by atoms with Crippen molar-refractivity contribution in [1.29, 1.82) is 0 Å². The summed E-state index contributed by atoms with van der Waals surface area (Å²) in [5.41, 5.74) is 6.59. The van der Waals surface area contributed by atoms with Gasteiger partial charge in [0.15, 0.2) is 5.71 Å². The van der Waals surface area contributed by atoms with Crippen molar-refractivity contribution >= 4 is 23.4 Å². The average molecular weight is 372 g/mol. The Balaban J connectivity index is 1.81. The van der Waals surface area contributed by atoms with E-state index in [0.29, 0.717) is 0 Å². The molecule has 0 N–H and O–H groups in total.